The molecule has 0 atom stereocenters. The van der Waals surface area contributed by atoms with E-state index >= 15 is 0 Å². The summed E-state index contributed by atoms with van der Waals surface area (Å²) < 4.78 is 0. The second-order valence-corrected chi connectivity index (χ2v) is 2.71. The third kappa shape index (κ3) is 3.01. The van der Waals surface area contributed by atoms with Crippen LogP contribution in [0.2, 0.25) is 0 Å². The highest BCUT2D eigenvalue weighted by atomic mass is 16.5. The first-order chi connectivity index (χ1) is 6.59. The molecule has 0 fully saturated rings. The van der Waals surface area contributed by atoms with Gasteiger partial charge in [0, 0.05) is 11.6 Å². The molecule has 1 rings (SSSR count). The first-order valence-corrected chi connectivity index (χ1v) is 3.96. The fraction of sp³-hybridized carbons (Fsp3) is 0.100. The molecule has 1 aromatic carbocycles. The maximum atomic E-state index is 10.2. The molecule has 74 valence electrons. The Hall–Kier alpha value is -1.65. The molecule has 0 aliphatic heterocycles. The monoisotopic (exact) mass is 194 g/mol. The van der Waals surface area contributed by atoms with Crippen LogP contribution in [-0.2, 0) is 4.79 Å². The molecule has 0 heterocycles. The van der Waals surface area contributed by atoms with Gasteiger partial charge in [0.2, 0.25) is 0 Å². The minimum atomic E-state index is -1.49. The van der Waals surface area contributed by atoms with Crippen molar-refractivity contribution in [2.75, 3.05) is 0 Å². The molecular weight excluding hydrogens is 184 g/mol. The molecule has 0 aliphatic rings. The van der Waals surface area contributed by atoms with E-state index in [2.05, 4.69) is 0 Å². The molecule has 0 aromatic heterocycles. The van der Waals surface area contributed by atoms with Crippen LogP contribution in [0.25, 0.3) is 6.08 Å². The van der Waals surface area contributed by atoms with Crippen LogP contribution in [0.15, 0.2) is 30.3 Å². The lowest BCUT2D eigenvalue weighted by Gasteiger charge is -2.02. The Morgan fingerprint density at radius 3 is 2.21 bits per heavy atom. The molecule has 1 aromatic rings. The molecule has 0 unspecified atom stereocenters. The fourth-order valence-electron chi connectivity index (χ4n) is 0.947. The number of benzene rings is 1. The Morgan fingerprint density at radius 1 is 1.21 bits per heavy atom. The Kier molecular flexibility index (Phi) is 3.39. The topological polar surface area (TPSA) is 77.8 Å². The summed E-state index contributed by atoms with van der Waals surface area (Å²) in [6, 6.07) is 6.25. The summed E-state index contributed by atoms with van der Waals surface area (Å²) in [6.07, 6.45) is 0.952. The molecule has 0 amide bonds. The molecule has 0 spiro atoms. The molecule has 4 nitrogen and oxygen atoms in total. The maximum absolute atomic E-state index is 10.2. The zero-order chi connectivity index (χ0) is 10.6. The predicted octanol–water partition coefficient (Wildman–Crippen LogP) is 0.768. The fourth-order valence-corrected chi connectivity index (χ4v) is 0.947. The first-order valence-electron chi connectivity index (χ1n) is 3.96. The van der Waals surface area contributed by atoms with E-state index < -0.39 is 12.3 Å². The van der Waals surface area contributed by atoms with E-state index in [0.717, 1.165) is 6.08 Å². The Bertz CT molecular complexity index is 338. The van der Waals surface area contributed by atoms with Crippen molar-refractivity contribution < 1.29 is 20.1 Å². The number of carboxylic acid groups (broad SMARTS) is 1. The van der Waals surface area contributed by atoms with Gasteiger partial charge in [0.25, 0.3) is 0 Å². The lowest BCUT2D eigenvalue weighted by molar-refractivity contribution is -0.131. The summed E-state index contributed by atoms with van der Waals surface area (Å²) >= 11 is 0. The number of hydrogen-bond acceptors (Lipinski definition) is 3. The van der Waals surface area contributed by atoms with Gasteiger partial charge in [-0.25, -0.2) is 4.79 Å². The quantitative estimate of drug-likeness (QED) is 0.490. The highest BCUT2D eigenvalue weighted by molar-refractivity contribution is 5.85. The van der Waals surface area contributed by atoms with Crippen LogP contribution >= 0.6 is 0 Å². The van der Waals surface area contributed by atoms with E-state index in [1.54, 1.807) is 12.1 Å². The van der Waals surface area contributed by atoms with E-state index in [1.807, 2.05) is 0 Å². The van der Waals surface area contributed by atoms with Crippen molar-refractivity contribution in [2.24, 2.45) is 0 Å². The SMILES string of the molecule is O=C(O)C=Cc1ccc(C(O)O)cc1. The smallest absolute Gasteiger partial charge is 0.328 e. The summed E-state index contributed by atoms with van der Waals surface area (Å²) in [6.45, 7) is 0. The van der Waals surface area contributed by atoms with Crippen LogP contribution in [0.4, 0.5) is 0 Å². The van der Waals surface area contributed by atoms with Gasteiger partial charge in [0.05, 0.1) is 0 Å². The van der Waals surface area contributed by atoms with Gasteiger partial charge < -0.3 is 15.3 Å². The highest BCUT2D eigenvalue weighted by Gasteiger charge is 2.00. The van der Waals surface area contributed by atoms with Crippen molar-refractivity contribution >= 4 is 12.0 Å². The Balaban J connectivity index is 2.78. The number of aliphatic hydroxyl groups is 2. The summed E-state index contributed by atoms with van der Waals surface area (Å²) in [5.74, 6) is -1.02. The lowest BCUT2D eigenvalue weighted by Crippen LogP contribution is -1.93. The van der Waals surface area contributed by atoms with Crippen LogP contribution in [0, 0.1) is 0 Å². The van der Waals surface area contributed by atoms with Crippen LogP contribution in [0.5, 0.6) is 0 Å². The second kappa shape index (κ2) is 4.55. The van der Waals surface area contributed by atoms with Gasteiger partial charge in [0.15, 0.2) is 6.29 Å². The number of hydrogen-bond donors (Lipinski definition) is 3. The summed E-state index contributed by atoms with van der Waals surface area (Å²) in [5.41, 5.74) is 1.06. The van der Waals surface area contributed by atoms with E-state index in [0.29, 0.717) is 11.1 Å². The van der Waals surface area contributed by atoms with E-state index in [-0.39, 0.29) is 0 Å². The van der Waals surface area contributed by atoms with Gasteiger partial charge in [-0.3, -0.25) is 0 Å². The maximum Gasteiger partial charge on any atom is 0.328 e. The number of aliphatic hydroxyl groups excluding tert-OH is 1. The standard InChI is InChI=1S/C10H10O4/c11-9(12)6-3-7-1-4-8(5-2-7)10(13)14/h1-6,10,13-14H,(H,11,12). The molecule has 0 bridgehead atoms. The summed E-state index contributed by atoms with van der Waals surface area (Å²) in [7, 11) is 0. The van der Waals surface area contributed by atoms with Gasteiger partial charge in [-0.05, 0) is 11.6 Å². The molecule has 0 aliphatic carbocycles. The van der Waals surface area contributed by atoms with Gasteiger partial charge in [0.1, 0.15) is 0 Å². The molecule has 0 radical (unpaired) electrons. The van der Waals surface area contributed by atoms with Crippen molar-refractivity contribution in [3.8, 4) is 0 Å². The average Bonchev–Trinajstić information content (AvgIpc) is 2.15. The first kappa shape index (κ1) is 10.4. The van der Waals surface area contributed by atoms with E-state index in [4.69, 9.17) is 15.3 Å². The van der Waals surface area contributed by atoms with Crippen LogP contribution in [-0.4, -0.2) is 21.3 Å². The van der Waals surface area contributed by atoms with Crippen LogP contribution in [0.3, 0.4) is 0 Å². The number of carbonyl (C=O) groups is 1. The van der Waals surface area contributed by atoms with Crippen LogP contribution in [0.1, 0.15) is 17.4 Å². The number of aliphatic carboxylic acids is 1. The van der Waals surface area contributed by atoms with E-state index in [1.165, 1.54) is 18.2 Å². The second-order valence-electron chi connectivity index (χ2n) is 2.71. The lowest BCUT2D eigenvalue weighted by atomic mass is 10.1. The van der Waals surface area contributed by atoms with Crippen molar-refractivity contribution in [1.29, 1.82) is 0 Å². The Morgan fingerprint density at radius 2 is 1.79 bits per heavy atom. The molecular formula is C10H10O4. The molecule has 3 N–H and O–H groups in total. The molecule has 0 saturated heterocycles. The zero-order valence-corrected chi connectivity index (χ0v) is 7.29. The Labute approximate surface area is 80.7 Å². The van der Waals surface area contributed by atoms with Crippen molar-refractivity contribution in [3.63, 3.8) is 0 Å². The van der Waals surface area contributed by atoms with Gasteiger partial charge >= 0.3 is 5.97 Å². The average molecular weight is 194 g/mol. The number of carboxylic acids is 1. The predicted molar refractivity (Wildman–Crippen MR) is 50.3 cm³/mol. The van der Waals surface area contributed by atoms with Gasteiger partial charge in [-0.2, -0.15) is 0 Å². The van der Waals surface area contributed by atoms with Crippen LogP contribution < -0.4 is 0 Å². The van der Waals surface area contributed by atoms with Crippen molar-refractivity contribution in [2.45, 2.75) is 6.29 Å². The van der Waals surface area contributed by atoms with Crippen molar-refractivity contribution in [1.82, 2.24) is 0 Å². The van der Waals surface area contributed by atoms with E-state index in [9.17, 15) is 4.79 Å². The minimum Gasteiger partial charge on any atom is -0.478 e. The summed E-state index contributed by atoms with van der Waals surface area (Å²) in [5, 5.41) is 25.9. The summed E-state index contributed by atoms with van der Waals surface area (Å²) in [4.78, 5) is 10.2. The molecule has 14 heavy (non-hydrogen) atoms. The third-order valence-corrected chi connectivity index (χ3v) is 1.65. The van der Waals surface area contributed by atoms with Gasteiger partial charge in [-0.15, -0.1) is 0 Å². The minimum absolute atomic E-state index is 0.373. The highest BCUT2D eigenvalue weighted by Crippen LogP contribution is 2.11. The number of rotatable bonds is 3. The third-order valence-electron chi connectivity index (χ3n) is 1.65. The molecule has 0 saturated carbocycles. The zero-order valence-electron chi connectivity index (χ0n) is 7.29. The largest absolute Gasteiger partial charge is 0.478 e. The molecule has 4 heteroatoms. The van der Waals surface area contributed by atoms with Gasteiger partial charge in [-0.1, -0.05) is 24.3 Å². The van der Waals surface area contributed by atoms with Crippen molar-refractivity contribution in [3.05, 3.63) is 41.5 Å². The normalized spacial score (nSPS) is 11.1.